The number of para-hydroxylation sites is 1. The van der Waals surface area contributed by atoms with Crippen molar-refractivity contribution in [2.24, 2.45) is 0 Å². The maximum absolute atomic E-state index is 13.0. The normalized spacial score (nSPS) is 11.2. The Morgan fingerprint density at radius 3 is 1.85 bits per heavy atom. The first kappa shape index (κ1) is 21.8. The van der Waals surface area contributed by atoms with Crippen LogP contribution in [0.4, 0.5) is 0 Å². The van der Waals surface area contributed by atoms with Crippen molar-refractivity contribution in [2.45, 2.75) is 4.90 Å². The second-order valence-electron chi connectivity index (χ2n) is 6.87. The summed E-state index contributed by atoms with van der Waals surface area (Å²) in [4.78, 5) is 22.9. The topological polar surface area (TPSA) is 127 Å². The van der Waals surface area contributed by atoms with Gasteiger partial charge in [0, 0.05) is 10.8 Å². The van der Waals surface area contributed by atoms with E-state index >= 15 is 0 Å². The predicted molar refractivity (Wildman–Crippen MR) is 119 cm³/mol. The van der Waals surface area contributed by atoms with Crippen molar-refractivity contribution >= 4 is 32.8 Å². The summed E-state index contributed by atoms with van der Waals surface area (Å²) in [5.41, 5.74) is -0.659. The number of benzene rings is 4. The second-order valence-corrected chi connectivity index (χ2v) is 8.39. The van der Waals surface area contributed by atoms with E-state index in [4.69, 9.17) is 8.92 Å². The fraction of sp³-hybridized carbons (Fsp3) is 0. The molecule has 0 saturated carbocycles. The fourth-order valence-electron chi connectivity index (χ4n) is 3.31. The number of rotatable bonds is 7. The smallest absolute Gasteiger partial charge is 0.339 e. The van der Waals surface area contributed by atoms with Crippen LogP contribution in [0.5, 0.6) is 17.2 Å². The second kappa shape index (κ2) is 8.64. The van der Waals surface area contributed by atoms with Gasteiger partial charge in [-0.1, -0.05) is 30.3 Å². The number of fused-ring (bicyclic) bond motifs is 1. The van der Waals surface area contributed by atoms with Gasteiger partial charge >= 0.3 is 22.1 Å². The van der Waals surface area contributed by atoms with E-state index < -0.39 is 22.1 Å². The van der Waals surface area contributed by atoms with Gasteiger partial charge in [0.25, 0.3) is 0 Å². The highest BCUT2D eigenvalue weighted by Gasteiger charge is 2.25. The van der Waals surface area contributed by atoms with Crippen LogP contribution in [-0.4, -0.2) is 30.6 Å². The summed E-state index contributed by atoms with van der Waals surface area (Å²) in [5, 5.41) is 18.7. The number of hydrogen-bond acceptors (Lipinski definition) is 6. The van der Waals surface area contributed by atoms with Gasteiger partial charge in [-0.15, -0.1) is 0 Å². The number of ether oxygens (including phenoxy) is 1. The summed E-state index contributed by atoms with van der Waals surface area (Å²) < 4.78 is 36.9. The quantitative estimate of drug-likeness (QED) is 0.374. The van der Waals surface area contributed by atoms with E-state index in [1.807, 2.05) is 18.2 Å². The molecule has 0 aliphatic heterocycles. The Morgan fingerprint density at radius 1 is 0.636 bits per heavy atom. The fourth-order valence-corrected chi connectivity index (χ4v) is 4.44. The zero-order valence-electron chi connectivity index (χ0n) is 16.8. The zero-order chi connectivity index (χ0) is 23.6. The Morgan fingerprint density at radius 2 is 1.21 bits per heavy atom. The minimum Gasteiger partial charge on any atom is -0.478 e. The summed E-state index contributed by atoms with van der Waals surface area (Å²) in [6.45, 7) is 0. The van der Waals surface area contributed by atoms with E-state index in [1.165, 1.54) is 42.5 Å². The standard InChI is InChI=1S/C24H16O8S/c25-23(26)19-8-4-7-18-21(14-13-20(22(18)19)24(27)28)33(29,30)32-17-11-9-16(10-12-17)31-15-5-2-1-3-6-15/h1-14H,(H,25,26)(H,27,28). The van der Waals surface area contributed by atoms with Crippen molar-refractivity contribution < 1.29 is 37.1 Å². The van der Waals surface area contributed by atoms with Crippen molar-refractivity contribution in [2.75, 3.05) is 0 Å². The summed E-state index contributed by atoms with van der Waals surface area (Å²) in [7, 11) is -4.42. The number of carboxylic acid groups (broad SMARTS) is 2. The molecule has 0 aromatic heterocycles. The Bertz CT molecular complexity index is 1440. The van der Waals surface area contributed by atoms with Gasteiger partial charge in [0.15, 0.2) is 0 Å². The van der Waals surface area contributed by atoms with Crippen LogP contribution in [0.15, 0.2) is 89.8 Å². The molecule has 0 heterocycles. The molecule has 4 aromatic carbocycles. The summed E-state index contributed by atoms with van der Waals surface area (Å²) in [5.74, 6) is -1.69. The molecule has 0 amide bonds. The minimum atomic E-state index is -4.42. The van der Waals surface area contributed by atoms with Gasteiger partial charge in [-0.25, -0.2) is 9.59 Å². The molecule has 8 nitrogen and oxygen atoms in total. The predicted octanol–water partition coefficient (Wildman–Crippen LogP) is 4.80. The summed E-state index contributed by atoms with van der Waals surface area (Å²) in [6, 6.07) is 20.9. The Kier molecular flexibility index (Phi) is 5.72. The Balaban J connectivity index is 1.70. The van der Waals surface area contributed by atoms with E-state index in [0.717, 1.165) is 12.1 Å². The van der Waals surface area contributed by atoms with Crippen molar-refractivity contribution in [3.8, 4) is 17.2 Å². The highest BCUT2D eigenvalue weighted by molar-refractivity contribution is 7.87. The molecule has 4 rings (SSSR count). The molecule has 9 heteroatoms. The number of hydrogen-bond donors (Lipinski definition) is 2. The van der Waals surface area contributed by atoms with Crippen LogP contribution < -0.4 is 8.92 Å². The van der Waals surface area contributed by atoms with Crippen LogP contribution in [0.25, 0.3) is 10.8 Å². The van der Waals surface area contributed by atoms with Gasteiger partial charge in [0.05, 0.1) is 11.1 Å². The molecule has 0 aliphatic carbocycles. The third kappa shape index (κ3) is 4.48. The minimum absolute atomic E-state index is 0.000243. The van der Waals surface area contributed by atoms with Crippen LogP contribution in [0.2, 0.25) is 0 Å². The van der Waals surface area contributed by atoms with E-state index in [9.17, 15) is 28.2 Å². The molecule has 166 valence electrons. The lowest BCUT2D eigenvalue weighted by molar-refractivity contribution is 0.0695. The lowest BCUT2D eigenvalue weighted by Crippen LogP contribution is -2.12. The van der Waals surface area contributed by atoms with Gasteiger partial charge in [-0.2, -0.15) is 8.42 Å². The SMILES string of the molecule is O=C(O)c1cccc2c(S(=O)(=O)Oc3ccc(Oc4ccccc4)cc3)ccc(C(=O)O)c12. The third-order valence-corrected chi connectivity index (χ3v) is 6.05. The molecule has 0 aliphatic rings. The molecular weight excluding hydrogens is 448 g/mol. The maximum Gasteiger partial charge on any atom is 0.339 e. The first-order valence-electron chi connectivity index (χ1n) is 9.56. The molecule has 33 heavy (non-hydrogen) atoms. The van der Waals surface area contributed by atoms with E-state index in [2.05, 4.69) is 0 Å². The number of carboxylic acids is 2. The summed E-state index contributed by atoms with van der Waals surface area (Å²) in [6.07, 6.45) is 0. The molecular formula is C24H16O8S. The van der Waals surface area contributed by atoms with Crippen molar-refractivity contribution in [3.63, 3.8) is 0 Å². The van der Waals surface area contributed by atoms with Crippen LogP contribution in [-0.2, 0) is 10.1 Å². The zero-order valence-corrected chi connectivity index (χ0v) is 17.7. The third-order valence-electron chi connectivity index (χ3n) is 4.74. The van der Waals surface area contributed by atoms with Gasteiger partial charge in [0.1, 0.15) is 22.1 Å². The van der Waals surface area contributed by atoms with Crippen molar-refractivity contribution in [3.05, 3.63) is 96.1 Å². The molecule has 0 atom stereocenters. The molecule has 4 aromatic rings. The van der Waals surface area contributed by atoms with Gasteiger partial charge in [0.2, 0.25) is 0 Å². The monoisotopic (exact) mass is 464 g/mol. The van der Waals surface area contributed by atoms with Crippen LogP contribution in [0.1, 0.15) is 20.7 Å². The average Bonchev–Trinajstić information content (AvgIpc) is 2.79. The van der Waals surface area contributed by atoms with E-state index in [1.54, 1.807) is 12.1 Å². The Labute approximate surface area is 188 Å². The molecule has 0 bridgehead atoms. The lowest BCUT2D eigenvalue weighted by Gasteiger charge is -2.13. The Hall–Kier alpha value is -4.37. The highest BCUT2D eigenvalue weighted by atomic mass is 32.2. The first-order chi connectivity index (χ1) is 15.8. The van der Waals surface area contributed by atoms with Crippen LogP contribution >= 0.6 is 0 Å². The van der Waals surface area contributed by atoms with Gasteiger partial charge < -0.3 is 19.1 Å². The first-order valence-corrected chi connectivity index (χ1v) is 11.0. The highest BCUT2D eigenvalue weighted by Crippen LogP contribution is 2.32. The van der Waals surface area contributed by atoms with Crippen LogP contribution in [0, 0.1) is 0 Å². The van der Waals surface area contributed by atoms with Gasteiger partial charge in [-0.05, 0) is 54.6 Å². The number of aromatic carboxylic acids is 2. The van der Waals surface area contributed by atoms with E-state index in [0.29, 0.717) is 11.5 Å². The molecule has 0 spiro atoms. The number of carbonyl (C=O) groups is 2. The molecule has 0 saturated heterocycles. The lowest BCUT2D eigenvalue weighted by atomic mass is 9.99. The molecule has 0 radical (unpaired) electrons. The van der Waals surface area contributed by atoms with Crippen molar-refractivity contribution in [1.29, 1.82) is 0 Å². The largest absolute Gasteiger partial charge is 0.478 e. The average molecular weight is 464 g/mol. The molecule has 2 N–H and O–H groups in total. The van der Waals surface area contributed by atoms with E-state index in [-0.39, 0.29) is 32.5 Å². The van der Waals surface area contributed by atoms with Crippen molar-refractivity contribution in [1.82, 2.24) is 0 Å². The molecule has 0 fully saturated rings. The molecule has 0 unspecified atom stereocenters. The van der Waals surface area contributed by atoms with Crippen LogP contribution in [0.3, 0.4) is 0 Å². The van der Waals surface area contributed by atoms with Gasteiger partial charge in [-0.3, -0.25) is 0 Å². The summed E-state index contributed by atoms with van der Waals surface area (Å²) >= 11 is 0. The maximum atomic E-state index is 13.0.